The second kappa shape index (κ2) is 13.8. The van der Waals surface area contributed by atoms with Gasteiger partial charge in [-0.1, -0.05) is 18.2 Å². The van der Waals surface area contributed by atoms with Gasteiger partial charge in [0, 0.05) is 17.8 Å². The lowest BCUT2D eigenvalue weighted by Gasteiger charge is -2.15. The first-order chi connectivity index (χ1) is 17.9. The number of hydrogen-bond acceptors (Lipinski definition) is 6. The zero-order chi connectivity index (χ0) is 26.2. The number of pyridine rings is 1. The van der Waals surface area contributed by atoms with Crippen LogP contribution < -0.4 is 10.1 Å². The molecule has 1 amide bonds. The zero-order valence-electron chi connectivity index (χ0n) is 20.7. The second-order valence-electron chi connectivity index (χ2n) is 8.91. The summed E-state index contributed by atoms with van der Waals surface area (Å²) in [7, 11) is 0. The van der Waals surface area contributed by atoms with E-state index in [1.807, 2.05) is 0 Å². The Bertz CT molecular complexity index is 1230. The fraction of sp³-hybridized carbons (Fsp3) is 0.370. The van der Waals surface area contributed by atoms with Crippen LogP contribution in [0.5, 0.6) is 5.75 Å². The average molecular weight is 545 g/mol. The van der Waals surface area contributed by atoms with Gasteiger partial charge in [-0.05, 0) is 67.9 Å². The van der Waals surface area contributed by atoms with E-state index in [1.54, 1.807) is 24.3 Å². The molecule has 0 unspecified atom stereocenters. The predicted molar refractivity (Wildman–Crippen MR) is 141 cm³/mol. The first kappa shape index (κ1) is 29.0. The molecule has 0 saturated heterocycles. The van der Waals surface area contributed by atoms with E-state index < -0.39 is 30.0 Å². The van der Waals surface area contributed by atoms with Crippen molar-refractivity contribution in [2.75, 3.05) is 6.61 Å². The number of halogens is 2. The van der Waals surface area contributed by atoms with Crippen LogP contribution in [0.1, 0.15) is 64.4 Å². The van der Waals surface area contributed by atoms with Gasteiger partial charge in [-0.3, -0.25) is 14.8 Å². The number of carbonyl (C=O) groups is 2. The number of fused-ring (bicyclic) bond motifs is 1. The molecule has 0 saturated carbocycles. The molecule has 1 aliphatic carbocycles. The number of carboxylic acid groups (broad SMARTS) is 1. The van der Waals surface area contributed by atoms with Gasteiger partial charge in [0.25, 0.3) is 12.3 Å². The van der Waals surface area contributed by atoms with Gasteiger partial charge in [-0.2, -0.15) is 13.5 Å². The zero-order valence-corrected chi connectivity index (χ0v) is 21.7. The van der Waals surface area contributed by atoms with Crippen molar-refractivity contribution in [2.24, 2.45) is 0 Å². The quantitative estimate of drug-likeness (QED) is 0.347. The van der Waals surface area contributed by atoms with Gasteiger partial charge < -0.3 is 15.2 Å². The van der Waals surface area contributed by atoms with Gasteiger partial charge in [0.15, 0.2) is 0 Å². The number of aryl methyl sites for hydroxylation is 3. The lowest BCUT2D eigenvalue weighted by atomic mass is 9.95. The molecule has 2 N–H and O–H groups in total. The van der Waals surface area contributed by atoms with E-state index in [0.29, 0.717) is 17.9 Å². The Morgan fingerprint density at radius 1 is 1.03 bits per heavy atom. The van der Waals surface area contributed by atoms with Crippen LogP contribution in [0, 0.1) is 0 Å². The highest BCUT2D eigenvalue weighted by Gasteiger charge is 2.22. The van der Waals surface area contributed by atoms with Crippen molar-refractivity contribution in [2.45, 2.75) is 57.4 Å². The number of aromatic nitrogens is 3. The topological polar surface area (TPSA) is 114 Å². The summed E-state index contributed by atoms with van der Waals surface area (Å²) in [5.74, 6) is -1.39. The van der Waals surface area contributed by atoms with Crippen LogP contribution >= 0.6 is 13.5 Å². The van der Waals surface area contributed by atoms with Crippen molar-refractivity contribution in [1.82, 2.24) is 20.3 Å². The Hall–Kier alpha value is -3.60. The molecule has 2 heterocycles. The van der Waals surface area contributed by atoms with Gasteiger partial charge in [0.2, 0.25) is 0 Å². The fourth-order valence-electron chi connectivity index (χ4n) is 4.17. The second-order valence-corrected chi connectivity index (χ2v) is 8.91. The van der Waals surface area contributed by atoms with Gasteiger partial charge in [0.05, 0.1) is 19.0 Å². The summed E-state index contributed by atoms with van der Waals surface area (Å²) in [6.07, 6.45) is 5.16. The Kier molecular flexibility index (Phi) is 10.5. The van der Waals surface area contributed by atoms with E-state index >= 15 is 0 Å². The molecule has 3 aromatic rings. The molecule has 38 heavy (non-hydrogen) atoms. The van der Waals surface area contributed by atoms with Crippen molar-refractivity contribution < 1.29 is 28.2 Å². The Labute approximate surface area is 226 Å². The minimum absolute atomic E-state index is 0. The van der Waals surface area contributed by atoms with Crippen LogP contribution in [-0.4, -0.2) is 44.6 Å². The lowest BCUT2D eigenvalue weighted by Crippen LogP contribution is -2.42. The number of alkyl halides is 2. The maximum atomic E-state index is 12.6. The summed E-state index contributed by atoms with van der Waals surface area (Å²) in [6.45, 7) is 0.525. The minimum atomic E-state index is -2.81. The van der Waals surface area contributed by atoms with Crippen molar-refractivity contribution in [3.05, 3.63) is 82.7 Å². The lowest BCUT2D eigenvalue weighted by molar-refractivity contribution is -0.139. The smallest absolute Gasteiger partial charge is 0.326 e. The van der Waals surface area contributed by atoms with Crippen LogP contribution in [-0.2, 0) is 30.5 Å². The average Bonchev–Trinajstić information content (AvgIpc) is 2.91. The fourth-order valence-corrected chi connectivity index (χ4v) is 4.17. The Morgan fingerprint density at radius 3 is 2.47 bits per heavy atom. The van der Waals surface area contributed by atoms with Crippen molar-refractivity contribution in [3.8, 4) is 5.75 Å². The number of nitrogens with one attached hydrogen (secondary N) is 1. The summed E-state index contributed by atoms with van der Waals surface area (Å²) < 4.78 is 31.0. The summed E-state index contributed by atoms with van der Waals surface area (Å²) in [6, 6.07) is 10.0. The molecule has 0 bridgehead atoms. The third-order valence-electron chi connectivity index (χ3n) is 6.18. The van der Waals surface area contributed by atoms with Crippen molar-refractivity contribution in [1.29, 1.82) is 0 Å². The number of rotatable bonds is 11. The first-order valence-electron chi connectivity index (χ1n) is 12.2. The van der Waals surface area contributed by atoms with Crippen molar-refractivity contribution >= 4 is 25.4 Å². The van der Waals surface area contributed by atoms with E-state index in [1.165, 1.54) is 24.1 Å². The standard InChI is InChI=1S/C27H28F2N4O4.H2S/c28-25(29)23-15-31-24(16-30-23)26(34)33-22(27(35)36)14-17-7-11-20(12-8-17)37-13-3-5-19-10-9-18-4-1-2-6-21(18)32-19;/h7-12,15-16,22,25H,1-6,13-14H2,(H,33,34)(H,35,36);1H2/t22-;/m0./s1. The van der Waals surface area contributed by atoms with Crippen molar-refractivity contribution in [3.63, 3.8) is 0 Å². The van der Waals surface area contributed by atoms with Gasteiger partial charge in [-0.25, -0.2) is 18.6 Å². The van der Waals surface area contributed by atoms with Crippen LogP contribution in [0.3, 0.4) is 0 Å². The molecular formula is C27H30F2N4O4S. The molecule has 0 fully saturated rings. The molecule has 4 rings (SSSR count). The third-order valence-corrected chi connectivity index (χ3v) is 6.18. The molecule has 202 valence electrons. The number of aliphatic carboxylic acids is 1. The van der Waals surface area contributed by atoms with Gasteiger partial charge >= 0.3 is 5.97 Å². The SMILES string of the molecule is O=C(N[C@@H](Cc1ccc(OCCCc2ccc3c(n2)CCCC3)cc1)C(=O)O)c1cnc(C(F)F)cn1.S. The maximum absolute atomic E-state index is 12.6. The Morgan fingerprint density at radius 2 is 1.79 bits per heavy atom. The predicted octanol–water partition coefficient (Wildman–Crippen LogP) is 4.24. The van der Waals surface area contributed by atoms with E-state index in [9.17, 15) is 23.5 Å². The third kappa shape index (κ3) is 7.95. The monoisotopic (exact) mass is 544 g/mol. The summed E-state index contributed by atoms with van der Waals surface area (Å²) in [5, 5.41) is 11.9. The molecule has 11 heteroatoms. The summed E-state index contributed by atoms with van der Waals surface area (Å²) in [5.41, 5.74) is 3.55. The number of ether oxygens (including phenoxy) is 1. The highest BCUT2D eigenvalue weighted by molar-refractivity contribution is 7.59. The molecule has 0 aliphatic heterocycles. The summed E-state index contributed by atoms with van der Waals surface area (Å²) >= 11 is 0. The molecule has 1 aromatic carbocycles. The Balaban J connectivity index is 0.00000400. The van der Waals surface area contributed by atoms with E-state index in [-0.39, 0.29) is 25.6 Å². The summed E-state index contributed by atoms with van der Waals surface area (Å²) in [4.78, 5) is 35.9. The number of nitrogens with zero attached hydrogens (tertiary/aromatic N) is 3. The first-order valence-corrected chi connectivity index (χ1v) is 12.2. The molecule has 0 radical (unpaired) electrons. The number of benzene rings is 1. The van der Waals surface area contributed by atoms with E-state index in [4.69, 9.17) is 9.72 Å². The molecule has 2 aromatic heterocycles. The normalized spacial score (nSPS) is 13.2. The number of hydrogen-bond donors (Lipinski definition) is 2. The molecule has 1 atom stereocenters. The molecular weight excluding hydrogens is 514 g/mol. The highest BCUT2D eigenvalue weighted by atomic mass is 32.1. The van der Waals surface area contributed by atoms with Gasteiger partial charge in [-0.15, -0.1) is 0 Å². The molecule has 0 spiro atoms. The van der Waals surface area contributed by atoms with Crippen LogP contribution in [0.4, 0.5) is 8.78 Å². The van der Waals surface area contributed by atoms with Gasteiger partial charge in [0.1, 0.15) is 23.2 Å². The highest BCUT2D eigenvalue weighted by Crippen LogP contribution is 2.20. The maximum Gasteiger partial charge on any atom is 0.326 e. The van der Waals surface area contributed by atoms with Crippen LogP contribution in [0.2, 0.25) is 0 Å². The van der Waals surface area contributed by atoms with Crippen LogP contribution in [0.25, 0.3) is 0 Å². The largest absolute Gasteiger partial charge is 0.494 e. The van der Waals surface area contributed by atoms with E-state index in [0.717, 1.165) is 43.8 Å². The number of amides is 1. The number of carboxylic acids is 1. The minimum Gasteiger partial charge on any atom is -0.494 e. The van der Waals surface area contributed by atoms with E-state index in [2.05, 4.69) is 27.4 Å². The molecule has 1 aliphatic rings. The molecule has 8 nitrogen and oxygen atoms in total. The number of carbonyl (C=O) groups excluding carboxylic acids is 1. The van der Waals surface area contributed by atoms with Crippen LogP contribution in [0.15, 0.2) is 48.8 Å².